The minimum absolute atomic E-state index is 0.543. The van der Waals surface area contributed by atoms with Crippen LogP contribution >= 0.6 is 0 Å². The maximum absolute atomic E-state index is 5.19. The van der Waals surface area contributed by atoms with Crippen LogP contribution in [0.1, 0.15) is 11.7 Å². The van der Waals surface area contributed by atoms with Gasteiger partial charge in [-0.15, -0.1) is 6.42 Å². The molecule has 0 saturated carbocycles. The zero-order chi connectivity index (χ0) is 8.10. The van der Waals surface area contributed by atoms with E-state index >= 15 is 0 Å². The third kappa shape index (κ3) is 2.44. The molecule has 0 aromatic carbocycles. The molecular formula is C8H10N2O. The van der Waals surface area contributed by atoms with Gasteiger partial charge in [-0.05, 0) is 6.92 Å². The van der Waals surface area contributed by atoms with E-state index in [0.717, 1.165) is 5.76 Å². The topological polar surface area (TPSA) is 38.1 Å². The number of nitrogens with one attached hydrogen (secondary N) is 1. The van der Waals surface area contributed by atoms with Crippen molar-refractivity contribution in [1.29, 1.82) is 0 Å². The molecule has 0 bridgehead atoms. The number of hydrogen-bond donors (Lipinski definition) is 1. The second-order valence-electron chi connectivity index (χ2n) is 2.17. The minimum Gasteiger partial charge on any atom is -0.445 e. The summed E-state index contributed by atoms with van der Waals surface area (Å²) in [7, 11) is 0. The van der Waals surface area contributed by atoms with E-state index in [4.69, 9.17) is 10.8 Å². The Morgan fingerprint density at radius 2 is 2.64 bits per heavy atom. The second-order valence-corrected chi connectivity index (χ2v) is 2.17. The largest absolute Gasteiger partial charge is 0.445 e. The molecular weight excluding hydrogens is 140 g/mol. The smallest absolute Gasteiger partial charge is 0.208 e. The molecule has 0 aliphatic rings. The predicted molar refractivity (Wildman–Crippen MR) is 41.8 cm³/mol. The Bertz CT molecular complexity index is 259. The molecule has 0 saturated heterocycles. The summed E-state index contributed by atoms with van der Waals surface area (Å²) in [5.74, 6) is 3.96. The molecule has 1 aromatic heterocycles. The molecule has 1 N–H and O–H groups in total. The lowest BCUT2D eigenvalue weighted by atomic mass is 10.6. The van der Waals surface area contributed by atoms with Crippen LogP contribution in [0.15, 0.2) is 10.6 Å². The van der Waals surface area contributed by atoms with Gasteiger partial charge in [0.15, 0.2) is 0 Å². The van der Waals surface area contributed by atoms with Crippen molar-refractivity contribution in [2.45, 2.75) is 13.5 Å². The number of terminal acetylenes is 1. The van der Waals surface area contributed by atoms with Crippen molar-refractivity contribution in [3.8, 4) is 12.3 Å². The molecule has 1 aromatic rings. The van der Waals surface area contributed by atoms with Crippen LogP contribution in [0.2, 0.25) is 0 Å². The molecule has 0 atom stereocenters. The number of hydrogen-bond acceptors (Lipinski definition) is 3. The molecule has 0 amide bonds. The highest BCUT2D eigenvalue weighted by atomic mass is 16.4. The molecule has 0 unspecified atom stereocenters. The van der Waals surface area contributed by atoms with Crippen molar-refractivity contribution >= 4 is 0 Å². The van der Waals surface area contributed by atoms with Gasteiger partial charge in [-0.25, -0.2) is 4.98 Å². The number of rotatable bonds is 3. The number of nitrogens with zero attached hydrogens (tertiary/aromatic N) is 1. The summed E-state index contributed by atoms with van der Waals surface area (Å²) in [6, 6.07) is 0. The van der Waals surface area contributed by atoms with Gasteiger partial charge in [-0.1, -0.05) is 5.92 Å². The number of aromatic nitrogens is 1. The van der Waals surface area contributed by atoms with Gasteiger partial charge < -0.3 is 4.42 Å². The summed E-state index contributed by atoms with van der Waals surface area (Å²) in [4.78, 5) is 3.99. The van der Waals surface area contributed by atoms with Crippen molar-refractivity contribution in [2.24, 2.45) is 0 Å². The molecule has 0 radical (unpaired) electrons. The Morgan fingerprint density at radius 3 is 3.18 bits per heavy atom. The highest BCUT2D eigenvalue weighted by molar-refractivity contribution is 4.92. The minimum atomic E-state index is 0.543. The molecule has 1 heterocycles. The van der Waals surface area contributed by atoms with Crippen molar-refractivity contribution in [1.82, 2.24) is 10.3 Å². The van der Waals surface area contributed by atoms with E-state index in [1.807, 2.05) is 6.92 Å². The lowest BCUT2D eigenvalue weighted by molar-refractivity contribution is 0.456. The third-order valence-electron chi connectivity index (χ3n) is 1.17. The summed E-state index contributed by atoms with van der Waals surface area (Å²) in [5, 5.41) is 2.97. The van der Waals surface area contributed by atoms with Crippen molar-refractivity contribution in [3.05, 3.63) is 17.8 Å². The van der Waals surface area contributed by atoms with Crippen molar-refractivity contribution in [3.63, 3.8) is 0 Å². The molecule has 0 fully saturated rings. The molecule has 11 heavy (non-hydrogen) atoms. The molecule has 0 aliphatic heterocycles. The lowest BCUT2D eigenvalue weighted by Gasteiger charge is -1.93. The van der Waals surface area contributed by atoms with Gasteiger partial charge in [0.05, 0.1) is 19.3 Å². The highest BCUT2D eigenvalue weighted by Crippen LogP contribution is 1.99. The fourth-order valence-corrected chi connectivity index (χ4v) is 0.725. The van der Waals surface area contributed by atoms with E-state index < -0.39 is 0 Å². The highest BCUT2D eigenvalue weighted by Gasteiger charge is 1.97. The van der Waals surface area contributed by atoms with Crippen LogP contribution < -0.4 is 5.32 Å². The van der Waals surface area contributed by atoms with Crippen LogP contribution in [0.25, 0.3) is 0 Å². The van der Waals surface area contributed by atoms with E-state index in [-0.39, 0.29) is 0 Å². The molecule has 3 heteroatoms. The Labute approximate surface area is 65.8 Å². The van der Waals surface area contributed by atoms with E-state index in [0.29, 0.717) is 19.0 Å². The standard InChI is InChI=1S/C8H10N2O/c1-3-4-9-6-8-10-5-7(2)11-8/h1,5,9H,4,6H2,2H3. The fraction of sp³-hybridized carbons (Fsp3) is 0.375. The molecule has 58 valence electrons. The molecule has 3 nitrogen and oxygen atoms in total. The van der Waals surface area contributed by atoms with Gasteiger partial charge in [-0.3, -0.25) is 5.32 Å². The summed E-state index contributed by atoms with van der Waals surface area (Å²) in [6.45, 7) is 3.00. The first-order valence-corrected chi connectivity index (χ1v) is 3.38. The predicted octanol–water partition coefficient (Wildman–Crippen LogP) is 0.706. The van der Waals surface area contributed by atoms with Gasteiger partial charge in [-0.2, -0.15) is 0 Å². The van der Waals surface area contributed by atoms with Crippen molar-refractivity contribution < 1.29 is 4.42 Å². The van der Waals surface area contributed by atoms with Gasteiger partial charge in [0.25, 0.3) is 0 Å². The van der Waals surface area contributed by atoms with Crippen LogP contribution in [0.3, 0.4) is 0 Å². The van der Waals surface area contributed by atoms with Crippen LogP contribution in [0.4, 0.5) is 0 Å². The van der Waals surface area contributed by atoms with Crippen LogP contribution in [0, 0.1) is 19.3 Å². The average Bonchev–Trinajstić information content (AvgIpc) is 2.37. The number of oxazole rings is 1. The summed E-state index contributed by atoms with van der Waals surface area (Å²) in [5.41, 5.74) is 0. The zero-order valence-electron chi connectivity index (χ0n) is 6.42. The average molecular weight is 150 g/mol. The fourth-order valence-electron chi connectivity index (χ4n) is 0.725. The van der Waals surface area contributed by atoms with Crippen LogP contribution in [0.5, 0.6) is 0 Å². The van der Waals surface area contributed by atoms with E-state index in [9.17, 15) is 0 Å². The SMILES string of the molecule is C#CCNCc1ncc(C)o1. The maximum atomic E-state index is 5.19. The van der Waals surface area contributed by atoms with E-state index in [1.54, 1.807) is 6.20 Å². The summed E-state index contributed by atoms with van der Waals surface area (Å²) >= 11 is 0. The molecule has 0 spiro atoms. The maximum Gasteiger partial charge on any atom is 0.208 e. The normalized spacial score (nSPS) is 9.45. The number of aryl methyl sites for hydroxylation is 1. The van der Waals surface area contributed by atoms with Crippen LogP contribution in [-0.2, 0) is 6.54 Å². The Morgan fingerprint density at radius 1 is 1.82 bits per heavy atom. The molecule has 0 aliphatic carbocycles. The third-order valence-corrected chi connectivity index (χ3v) is 1.17. The van der Waals surface area contributed by atoms with E-state index in [1.165, 1.54) is 0 Å². The quantitative estimate of drug-likeness (QED) is 0.509. The monoisotopic (exact) mass is 150 g/mol. The summed E-state index contributed by atoms with van der Waals surface area (Å²) < 4.78 is 5.19. The summed E-state index contributed by atoms with van der Waals surface area (Å²) in [6.07, 6.45) is 6.72. The molecule has 1 rings (SSSR count). The zero-order valence-corrected chi connectivity index (χ0v) is 6.42. The van der Waals surface area contributed by atoms with Gasteiger partial charge in [0.2, 0.25) is 5.89 Å². The van der Waals surface area contributed by atoms with E-state index in [2.05, 4.69) is 16.2 Å². The first-order chi connectivity index (χ1) is 5.33. The van der Waals surface area contributed by atoms with Gasteiger partial charge in [0.1, 0.15) is 5.76 Å². The Balaban J connectivity index is 2.34. The van der Waals surface area contributed by atoms with Gasteiger partial charge >= 0.3 is 0 Å². The lowest BCUT2D eigenvalue weighted by Crippen LogP contribution is -2.12. The Kier molecular flexibility index (Phi) is 2.70. The van der Waals surface area contributed by atoms with Crippen molar-refractivity contribution in [2.75, 3.05) is 6.54 Å². The first-order valence-electron chi connectivity index (χ1n) is 3.38. The van der Waals surface area contributed by atoms with Gasteiger partial charge in [0, 0.05) is 0 Å². The Hall–Kier alpha value is -1.27. The first kappa shape index (κ1) is 7.83. The van der Waals surface area contributed by atoms with Crippen LogP contribution in [-0.4, -0.2) is 11.5 Å². The second kappa shape index (κ2) is 3.79.